The molecule has 0 radical (unpaired) electrons. The van der Waals surface area contributed by atoms with Gasteiger partial charge < -0.3 is 14.4 Å². The Bertz CT molecular complexity index is 2020. The van der Waals surface area contributed by atoms with Crippen molar-refractivity contribution in [2.75, 3.05) is 13.2 Å². The third kappa shape index (κ3) is 7.77. The number of hydrogen-bond donors (Lipinski definition) is 2. The molecule has 0 saturated carbocycles. The van der Waals surface area contributed by atoms with Gasteiger partial charge in [-0.25, -0.2) is 17.9 Å². The molecule has 2 aromatic heterocycles. The fourth-order valence-electron chi connectivity index (χ4n) is 5.95. The lowest BCUT2D eigenvalue weighted by Crippen LogP contribution is -2.28. The molecule has 6 rings (SSSR count). The van der Waals surface area contributed by atoms with E-state index in [1.165, 1.54) is 23.5 Å². The molecule has 0 amide bonds. The Morgan fingerprint density at radius 1 is 0.894 bits per heavy atom. The summed E-state index contributed by atoms with van der Waals surface area (Å²) in [4.78, 5) is 11.3. The van der Waals surface area contributed by atoms with E-state index >= 15 is 0 Å². The number of fused-ring (bicyclic) bond motifs is 1. The summed E-state index contributed by atoms with van der Waals surface area (Å²) in [7, 11) is -3.56. The van der Waals surface area contributed by atoms with Crippen LogP contribution in [0, 0.1) is 0 Å². The number of rotatable bonds is 14. The molecule has 0 aliphatic rings. The van der Waals surface area contributed by atoms with Gasteiger partial charge >= 0.3 is 5.97 Å². The number of nitrogens with one attached hydrogen (secondary N) is 1. The number of aromatic nitrogens is 1. The van der Waals surface area contributed by atoms with E-state index in [2.05, 4.69) is 33.6 Å². The number of ether oxygens (including phenoxy) is 1. The van der Waals surface area contributed by atoms with Crippen molar-refractivity contribution in [1.29, 1.82) is 0 Å². The van der Waals surface area contributed by atoms with Crippen LogP contribution in [0.1, 0.15) is 44.3 Å². The minimum atomic E-state index is -3.56. The van der Waals surface area contributed by atoms with Gasteiger partial charge in [0.1, 0.15) is 5.75 Å². The molecular weight excluding hydrogens is 652 g/mol. The topological polar surface area (TPSA) is 97.6 Å². The van der Waals surface area contributed by atoms with Gasteiger partial charge in [-0.3, -0.25) is 0 Å². The number of aromatic carboxylic acids is 1. The highest BCUT2D eigenvalue weighted by molar-refractivity contribution is 7.88. The van der Waals surface area contributed by atoms with Gasteiger partial charge in [-0.05, 0) is 81.5 Å². The zero-order chi connectivity index (χ0) is 32.8. The van der Waals surface area contributed by atoms with Gasteiger partial charge in [0.15, 0.2) is 0 Å². The number of carboxylic acids is 1. The number of carboxylic acid groups (broad SMARTS) is 1. The summed E-state index contributed by atoms with van der Waals surface area (Å²) in [5, 5.41) is 14.5. The first kappa shape index (κ1) is 32.5. The molecule has 47 heavy (non-hydrogen) atoms. The lowest BCUT2D eigenvalue weighted by atomic mass is 9.97. The maximum atomic E-state index is 13.1. The van der Waals surface area contributed by atoms with Crippen LogP contribution in [0.5, 0.6) is 5.75 Å². The van der Waals surface area contributed by atoms with Gasteiger partial charge in [0.25, 0.3) is 0 Å². The summed E-state index contributed by atoms with van der Waals surface area (Å²) in [5.74, 6) is -0.512. The van der Waals surface area contributed by atoms with Crippen molar-refractivity contribution in [2.45, 2.75) is 24.6 Å². The maximum absolute atomic E-state index is 13.1. The molecule has 0 saturated heterocycles. The Hall–Kier alpha value is -4.41. The summed E-state index contributed by atoms with van der Waals surface area (Å²) < 4.78 is 37.3. The Morgan fingerprint density at radius 2 is 1.57 bits per heavy atom. The summed E-state index contributed by atoms with van der Waals surface area (Å²) in [6.07, 6.45) is 0.936. The highest BCUT2D eigenvalue weighted by atomic mass is 35.5. The van der Waals surface area contributed by atoms with E-state index in [-0.39, 0.29) is 23.9 Å². The summed E-state index contributed by atoms with van der Waals surface area (Å²) >= 11 is 8.06. The zero-order valence-corrected chi connectivity index (χ0v) is 27.8. The van der Waals surface area contributed by atoms with Crippen LogP contribution in [-0.2, 0) is 28.6 Å². The second-order valence-electron chi connectivity index (χ2n) is 11.1. The first-order valence-electron chi connectivity index (χ1n) is 15.1. The number of sulfonamides is 1. The standard InChI is InChI=1S/C37H33ClN2O5S2/c38-30-13-16-34-33(23-30)32(18-21-45-31-14-11-29(12-15-31)37(41)42)35(17-20-39-47(43,44)25-26-19-22-46-24-26)40(34)36(27-7-3-1-4-8-27)28-9-5-2-6-10-28/h1-16,19,22-24,36,39H,17-18,20-21,25H2,(H,41,42). The fourth-order valence-corrected chi connectivity index (χ4v) is 8.03. The first-order chi connectivity index (χ1) is 22.8. The second kappa shape index (κ2) is 14.6. The van der Waals surface area contributed by atoms with Crippen LogP contribution < -0.4 is 9.46 Å². The van der Waals surface area contributed by atoms with Crippen molar-refractivity contribution in [3.8, 4) is 5.75 Å². The molecule has 0 aliphatic carbocycles. The van der Waals surface area contributed by atoms with Crippen molar-refractivity contribution in [3.63, 3.8) is 0 Å². The molecule has 0 unspecified atom stereocenters. The van der Waals surface area contributed by atoms with Crippen molar-refractivity contribution in [2.24, 2.45) is 0 Å². The van der Waals surface area contributed by atoms with E-state index in [9.17, 15) is 18.3 Å². The summed E-state index contributed by atoms with van der Waals surface area (Å²) in [5.41, 5.74) is 6.09. The van der Waals surface area contributed by atoms with Gasteiger partial charge in [0, 0.05) is 41.0 Å². The van der Waals surface area contributed by atoms with Gasteiger partial charge in [-0.2, -0.15) is 11.3 Å². The summed E-state index contributed by atoms with van der Waals surface area (Å²) in [6, 6.07) is 34.3. The molecule has 0 spiro atoms. The number of nitrogens with zero attached hydrogens (tertiary/aromatic N) is 1. The number of carbonyl (C=O) groups is 1. The first-order valence-corrected chi connectivity index (χ1v) is 18.1. The predicted molar refractivity (Wildman–Crippen MR) is 188 cm³/mol. The van der Waals surface area contributed by atoms with Crippen molar-refractivity contribution < 1.29 is 23.1 Å². The predicted octanol–water partition coefficient (Wildman–Crippen LogP) is 7.98. The second-order valence-corrected chi connectivity index (χ2v) is 14.2. The maximum Gasteiger partial charge on any atom is 0.335 e. The molecule has 0 bridgehead atoms. The highest BCUT2D eigenvalue weighted by Crippen LogP contribution is 2.37. The minimum Gasteiger partial charge on any atom is -0.493 e. The Kier molecular flexibility index (Phi) is 10.1. The van der Waals surface area contributed by atoms with E-state index in [1.54, 1.807) is 12.1 Å². The van der Waals surface area contributed by atoms with Gasteiger partial charge in [0.05, 0.1) is 24.0 Å². The van der Waals surface area contributed by atoms with Crippen molar-refractivity contribution in [3.05, 3.63) is 158 Å². The Morgan fingerprint density at radius 3 is 2.19 bits per heavy atom. The van der Waals surface area contributed by atoms with Gasteiger partial charge in [0.2, 0.25) is 10.0 Å². The molecule has 6 aromatic rings. The molecule has 0 atom stereocenters. The number of hydrogen-bond acceptors (Lipinski definition) is 5. The lowest BCUT2D eigenvalue weighted by Gasteiger charge is -2.25. The quantitative estimate of drug-likeness (QED) is 0.121. The van der Waals surface area contributed by atoms with E-state index in [0.29, 0.717) is 30.2 Å². The summed E-state index contributed by atoms with van der Waals surface area (Å²) in [6.45, 7) is 0.521. The Labute approximate surface area is 283 Å². The monoisotopic (exact) mass is 684 g/mol. The van der Waals surface area contributed by atoms with E-state index in [0.717, 1.165) is 38.9 Å². The van der Waals surface area contributed by atoms with E-state index in [1.807, 2.05) is 71.4 Å². The lowest BCUT2D eigenvalue weighted by molar-refractivity contribution is 0.0697. The van der Waals surface area contributed by atoms with Crippen LogP contribution in [0.4, 0.5) is 0 Å². The number of benzene rings is 4. The smallest absolute Gasteiger partial charge is 0.335 e. The molecule has 7 nitrogen and oxygen atoms in total. The van der Waals surface area contributed by atoms with E-state index in [4.69, 9.17) is 16.3 Å². The average Bonchev–Trinajstić information content (AvgIpc) is 3.68. The van der Waals surface area contributed by atoms with Crippen LogP contribution in [-0.4, -0.2) is 37.2 Å². The third-order valence-electron chi connectivity index (χ3n) is 8.01. The van der Waals surface area contributed by atoms with Gasteiger partial charge in [-0.1, -0.05) is 72.3 Å². The van der Waals surface area contributed by atoms with Crippen molar-refractivity contribution in [1.82, 2.24) is 9.29 Å². The highest BCUT2D eigenvalue weighted by Gasteiger charge is 2.26. The van der Waals surface area contributed by atoms with Crippen molar-refractivity contribution >= 4 is 49.8 Å². The zero-order valence-electron chi connectivity index (χ0n) is 25.4. The molecule has 0 fully saturated rings. The van der Waals surface area contributed by atoms with Crippen LogP contribution in [0.15, 0.2) is 120 Å². The molecule has 240 valence electrons. The molecular formula is C37H33ClN2O5S2. The normalized spacial score (nSPS) is 11.7. The molecule has 2 heterocycles. The Balaban J connectivity index is 1.41. The number of thiophene rings is 1. The van der Waals surface area contributed by atoms with Crippen LogP contribution >= 0.6 is 22.9 Å². The van der Waals surface area contributed by atoms with E-state index < -0.39 is 16.0 Å². The molecule has 10 heteroatoms. The van der Waals surface area contributed by atoms with Crippen LogP contribution in [0.3, 0.4) is 0 Å². The fraction of sp³-hybridized carbons (Fsp3) is 0.162. The van der Waals surface area contributed by atoms with Gasteiger partial charge in [-0.15, -0.1) is 0 Å². The third-order valence-corrected chi connectivity index (χ3v) is 10.3. The molecule has 4 aromatic carbocycles. The average molecular weight is 685 g/mol. The SMILES string of the molecule is O=C(O)c1ccc(OCCc2c(CCNS(=O)(=O)Cc3ccsc3)n(C(c3ccccc3)c3ccccc3)c3ccc(Cl)cc23)cc1. The largest absolute Gasteiger partial charge is 0.493 e. The minimum absolute atomic E-state index is 0.0763. The van der Waals surface area contributed by atoms with Crippen LogP contribution in [0.25, 0.3) is 10.9 Å². The molecule has 2 N–H and O–H groups in total. The molecule has 0 aliphatic heterocycles. The van der Waals surface area contributed by atoms with Crippen LogP contribution in [0.2, 0.25) is 5.02 Å². The number of halogens is 1.